The molecule has 6 aromatic rings. The van der Waals surface area contributed by atoms with Crippen molar-refractivity contribution in [1.29, 1.82) is 0 Å². The number of carboxylic acids is 1. The third-order valence-corrected chi connectivity index (χ3v) is 9.42. The number of aromatic nitrogens is 2. The number of methoxy groups -OCH3 is 1. The van der Waals surface area contributed by atoms with Gasteiger partial charge in [0.15, 0.2) is 0 Å². The molecule has 0 saturated heterocycles. The molecule has 0 aliphatic rings. The van der Waals surface area contributed by atoms with Crippen LogP contribution < -0.4 is 0 Å². The number of nitrogens with zero attached hydrogens (tertiary/aromatic N) is 2. The molecule has 2 heterocycles. The van der Waals surface area contributed by atoms with E-state index in [1.165, 1.54) is 66.8 Å². The van der Waals surface area contributed by atoms with Gasteiger partial charge < -0.3 is 19.0 Å². The Morgan fingerprint density at radius 3 is 2.07 bits per heavy atom. The van der Waals surface area contributed by atoms with Crippen LogP contribution in [0.25, 0.3) is 21.8 Å². The molecule has 0 amide bonds. The van der Waals surface area contributed by atoms with Crippen molar-refractivity contribution < 1.29 is 14.6 Å². The van der Waals surface area contributed by atoms with Crippen molar-refractivity contribution in [3.8, 4) is 0 Å². The number of rotatable bonds is 9. The number of fused-ring (bicyclic) bond motifs is 2. The minimum absolute atomic E-state index is 0.317. The summed E-state index contributed by atoms with van der Waals surface area (Å²) in [6, 6.07) is 27.4. The Morgan fingerprint density at radius 1 is 0.705 bits per heavy atom. The largest absolute Gasteiger partial charge is 0.478 e. The van der Waals surface area contributed by atoms with Crippen molar-refractivity contribution in [3.63, 3.8) is 0 Å². The maximum atomic E-state index is 11.9. The Balaban J connectivity index is 1.35. The lowest BCUT2D eigenvalue weighted by Gasteiger charge is -2.14. The highest BCUT2D eigenvalue weighted by Gasteiger charge is 2.18. The predicted octanol–water partition coefficient (Wildman–Crippen LogP) is 8.67. The zero-order valence-corrected chi connectivity index (χ0v) is 26.5. The van der Waals surface area contributed by atoms with Crippen LogP contribution >= 0.6 is 0 Å². The van der Waals surface area contributed by atoms with Crippen molar-refractivity contribution in [2.24, 2.45) is 0 Å². The zero-order valence-electron chi connectivity index (χ0n) is 26.5. The van der Waals surface area contributed by atoms with Crippen molar-refractivity contribution in [1.82, 2.24) is 9.13 Å². The summed E-state index contributed by atoms with van der Waals surface area (Å²) in [5.74, 6) is -0.902. The molecule has 1 N–H and O–H groups in total. The molecule has 0 radical (unpaired) electrons. The number of benzene rings is 4. The Kier molecular flexibility index (Phi) is 7.91. The molecular weight excluding hydrogens is 544 g/mol. The van der Waals surface area contributed by atoms with Gasteiger partial charge in [-0.15, -0.1) is 0 Å². The van der Waals surface area contributed by atoms with Crippen LogP contribution in [0, 0.1) is 34.6 Å². The number of hydrogen-bond donors (Lipinski definition) is 1. The van der Waals surface area contributed by atoms with E-state index >= 15 is 0 Å². The SMILES string of the molecule is COCc1ccc2c(c1)c(C)c(C)n2Cc1ccc(Cc2c(C)n(Cc3ccccc3C)c3ccc(C(=O)O)cc23)cc1C. The molecule has 0 fully saturated rings. The number of carboxylic acid groups (broad SMARTS) is 1. The first-order valence-corrected chi connectivity index (χ1v) is 15.2. The van der Waals surface area contributed by atoms with Gasteiger partial charge in [-0.2, -0.15) is 0 Å². The second kappa shape index (κ2) is 11.8. The van der Waals surface area contributed by atoms with Crippen molar-refractivity contribution in [3.05, 3.63) is 140 Å². The number of hydrogen-bond acceptors (Lipinski definition) is 2. The smallest absolute Gasteiger partial charge is 0.335 e. The Hall–Kier alpha value is -4.61. The average Bonchev–Trinajstić information content (AvgIpc) is 3.40. The van der Waals surface area contributed by atoms with Crippen LogP contribution in [0.5, 0.6) is 0 Å². The lowest BCUT2D eigenvalue weighted by atomic mass is 9.97. The van der Waals surface area contributed by atoms with Gasteiger partial charge in [0.05, 0.1) is 12.2 Å². The summed E-state index contributed by atoms with van der Waals surface area (Å²) in [7, 11) is 1.73. The minimum Gasteiger partial charge on any atom is -0.478 e. The van der Waals surface area contributed by atoms with E-state index in [2.05, 4.69) is 104 Å². The van der Waals surface area contributed by atoms with Gasteiger partial charge in [-0.3, -0.25) is 0 Å². The number of ether oxygens (including phenoxy) is 1. The number of aryl methyl sites for hydroxylation is 3. The van der Waals surface area contributed by atoms with Crippen LogP contribution in [0.15, 0.2) is 78.9 Å². The fraction of sp³-hybridized carbons (Fsp3) is 0.256. The molecule has 2 aromatic heterocycles. The monoisotopic (exact) mass is 584 g/mol. The third kappa shape index (κ3) is 5.33. The molecule has 0 spiro atoms. The van der Waals surface area contributed by atoms with Gasteiger partial charge in [-0.1, -0.05) is 48.5 Å². The highest BCUT2D eigenvalue weighted by molar-refractivity contribution is 5.95. The second-order valence-corrected chi connectivity index (χ2v) is 12.1. The quantitative estimate of drug-likeness (QED) is 0.185. The topological polar surface area (TPSA) is 56.4 Å². The summed E-state index contributed by atoms with van der Waals surface area (Å²) < 4.78 is 10.1. The first-order valence-electron chi connectivity index (χ1n) is 15.2. The summed E-state index contributed by atoms with van der Waals surface area (Å²) in [6.07, 6.45) is 0.736. The van der Waals surface area contributed by atoms with Gasteiger partial charge in [-0.25, -0.2) is 4.79 Å². The second-order valence-electron chi connectivity index (χ2n) is 12.1. The van der Waals surface area contributed by atoms with Crippen LogP contribution in [0.2, 0.25) is 0 Å². The van der Waals surface area contributed by atoms with E-state index in [4.69, 9.17) is 4.74 Å². The van der Waals surface area contributed by atoms with E-state index in [0.717, 1.165) is 30.4 Å². The lowest BCUT2D eigenvalue weighted by Crippen LogP contribution is -2.05. The maximum absolute atomic E-state index is 11.9. The first-order chi connectivity index (χ1) is 21.2. The van der Waals surface area contributed by atoms with E-state index in [0.29, 0.717) is 12.2 Å². The maximum Gasteiger partial charge on any atom is 0.335 e. The summed E-state index contributed by atoms with van der Waals surface area (Å²) >= 11 is 0. The van der Waals surface area contributed by atoms with E-state index in [1.807, 2.05) is 12.1 Å². The van der Waals surface area contributed by atoms with Crippen LogP contribution in [0.4, 0.5) is 0 Å². The molecule has 224 valence electrons. The summed E-state index contributed by atoms with van der Waals surface area (Å²) in [4.78, 5) is 11.9. The predicted molar refractivity (Wildman–Crippen MR) is 179 cm³/mol. The highest BCUT2D eigenvalue weighted by atomic mass is 16.5. The molecule has 0 aliphatic heterocycles. The van der Waals surface area contributed by atoms with Gasteiger partial charge in [0.2, 0.25) is 0 Å². The first kappa shape index (κ1) is 29.5. The Labute approximate surface area is 259 Å². The lowest BCUT2D eigenvalue weighted by molar-refractivity contribution is 0.0697. The molecule has 0 unspecified atom stereocenters. The molecule has 6 rings (SSSR count). The van der Waals surface area contributed by atoms with E-state index < -0.39 is 5.97 Å². The van der Waals surface area contributed by atoms with Crippen molar-refractivity contribution >= 4 is 27.8 Å². The fourth-order valence-electron chi connectivity index (χ4n) is 6.65. The summed E-state index contributed by atoms with van der Waals surface area (Å²) in [5.41, 5.74) is 15.0. The summed E-state index contributed by atoms with van der Waals surface area (Å²) in [5, 5.41) is 12.1. The molecule has 5 nitrogen and oxygen atoms in total. The number of aromatic carboxylic acids is 1. The standard InChI is InChI=1S/C39H40N2O3/c1-24-9-7-8-10-32(24)21-41-28(5)35(36-20-31(39(42)43)14-16-38(36)41)18-29-11-13-33(25(2)17-29)22-40-27(4)26(3)34-19-30(23-44-6)12-15-37(34)40/h7-17,19-20H,18,21-23H2,1-6H3,(H,42,43). The normalized spacial score (nSPS) is 11.6. The molecule has 0 aliphatic carbocycles. The van der Waals surface area contributed by atoms with Gasteiger partial charge in [0, 0.05) is 53.4 Å². The van der Waals surface area contributed by atoms with Gasteiger partial charge in [0.25, 0.3) is 0 Å². The Morgan fingerprint density at radius 2 is 1.36 bits per heavy atom. The van der Waals surface area contributed by atoms with Gasteiger partial charge in [-0.05, 0) is 116 Å². The zero-order chi connectivity index (χ0) is 31.1. The van der Waals surface area contributed by atoms with Crippen molar-refractivity contribution in [2.45, 2.75) is 60.7 Å². The fourth-order valence-corrected chi connectivity index (χ4v) is 6.65. The minimum atomic E-state index is -0.902. The van der Waals surface area contributed by atoms with Gasteiger partial charge >= 0.3 is 5.97 Å². The third-order valence-electron chi connectivity index (χ3n) is 9.42. The molecular formula is C39H40N2O3. The van der Waals surface area contributed by atoms with Crippen LogP contribution in [0.1, 0.15) is 66.3 Å². The van der Waals surface area contributed by atoms with E-state index in [-0.39, 0.29) is 0 Å². The molecule has 0 bridgehead atoms. The van der Waals surface area contributed by atoms with Crippen LogP contribution in [0.3, 0.4) is 0 Å². The van der Waals surface area contributed by atoms with Gasteiger partial charge in [0.1, 0.15) is 0 Å². The molecule has 4 aromatic carbocycles. The number of carbonyl (C=O) groups is 1. The molecule has 5 heteroatoms. The van der Waals surface area contributed by atoms with Crippen molar-refractivity contribution in [2.75, 3.05) is 7.11 Å². The molecule has 0 atom stereocenters. The van der Waals surface area contributed by atoms with Crippen LogP contribution in [-0.2, 0) is 30.9 Å². The molecule has 0 saturated carbocycles. The Bertz CT molecular complexity index is 2040. The molecule has 44 heavy (non-hydrogen) atoms. The summed E-state index contributed by atoms with van der Waals surface area (Å²) in [6.45, 7) is 13.1. The van der Waals surface area contributed by atoms with Crippen LogP contribution in [-0.4, -0.2) is 27.3 Å². The average molecular weight is 585 g/mol. The highest BCUT2D eigenvalue weighted by Crippen LogP contribution is 2.32. The van der Waals surface area contributed by atoms with E-state index in [1.54, 1.807) is 13.2 Å². The van der Waals surface area contributed by atoms with E-state index in [9.17, 15) is 9.90 Å².